The maximum atomic E-state index is 13.4. The Bertz CT molecular complexity index is 411. The molecule has 0 heterocycles. The molecule has 20 heavy (non-hydrogen) atoms. The quantitative estimate of drug-likeness (QED) is 0.675. The predicted molar refractivity (Wildman–Crippen MR) is 82.8 cm³/mol. The van der Waals surface area contributed by atoms with Crippen LogP contribution in [0.3, 0.4) is 0 Å². The minimum absolute atomic E-state index is 0.170. The van der Waals surface area contributed by atoms with Gasteiger partial charge in [0.2, 0.25) is 0 Å². The van der Waals surface area contributed by atoms with Gasteiger partial charge in [0.15, 0.2) is 11.6 Å². The number of hydrogen-bond donors (Lipinski definition) is 2. The molecule has 0 amide bonds. The van der Waals surface area contributed by atoms with Crippen LogP contribution in [-0.2, 0) is 0 Å². The van der Waals surface area contributed by atoms with E-state index in [4.69, 9.17) is 10.5 Å². The first-order chi connectivity index (χ1) is 9.54. The van der Waals surface area contributed by atoms with E-state index in [2.05, 4.69) is 19.2 Å². The Labute approximate surface area is 121 Å². The maximum absolute atomic E-state index is 13.4. The molecule has 0 radical (unpaired) electrons. The SMILES string of the molecule is CCCCCCC(C)(CN)Nc1ccc(F)c(OC)c1. The lowest BCUT2D eigenvalue weighted by atomic mass is 9.93. The lowest BCUT2D eigenvalue weighted by Gasteiger charge is -2.31. The zero-order valence-electron chi connectivity index (χ0n) is 12.8. The average molecular weight is 282 g/mol. The molecule has 3 nitrogen and oxygen atoms in total. The van der Waals surface area contributed by atoms with Gasteiger partial charge in [-0.3, -0.25) is 0 Å². The van der Waals surface area contributed by atoms with E-state index in [0.717, 1.165) is 18.5 Å². The number of ether oxygens (including phenoxy) is 1. The van der Waals surface area contributed by atoms with Crippen molar-refractivity contribution in [2.75, 3.05) is 19.0 Å². The van der Waals surface area contributed by atoms with E-state index in [1.165, 1.54) is 32.4 Å². The van der Waals surface area contributed by atoms with Gasteiger partial charge in [-0.05, 0) is 25.5 Å². The molecule has 1 atom stereocenters. The van der Waals surface area contributed by atoms with Gasteiger partial charge >= 0.3 is 0 Å². The molecule has 1 aromatic rings. The highest BCUT2D eigenvalue weighted by Crippen LogP contribution is 2.26. The van der Waals surface area contributed by atoms with Gasteiger partial charge in [0, 0.05) is 23.8 Å². The van der Waals surface area contributed by atoms with Crippen LogP contribution < -0.4 is 15.8 Å². The molecule has 0 aliphatic rings. The average Bonchev–Trinajstić information content (AvgIpc) is 2.46. The Balaban J connectivity index is 2.66. The van der Waals surface area contributed by atoms with Crippen LogP contribution in [0.15, 0.2) is 18.2 Å². The molecule has 0 spiro atoms. The molecular weight excluding hydrogens is 255 g/mol. The third-order valence-corrected chi connectivity index (χ3v) is 3.63. The van der Waals surface area contributed by atoms with Crippen LogP contribution >= 0.6 is 0 Å². The Morgan fingerprint density at radius 3 is 2.65 bits per heavy atom. The molecule has 1 aromatic carbocycles. The standard InChI is InChI=1S/C16H27FN2O/c1-4-5-6-7-10-16(2,12-18)19-13-8-9-14(17)15(11-13)20-3/h8-9,11,19H,4-7,10,12,18H2,1-3H3. The second kappa shape index (κ2) is 8.10. The van der Waals surface area contributed by atoms with Crippen LogP contribution in [0.2, 0.25) is 0 Å². The van der Waals surface area contributed by atoms with Crippen molar-refractivity contribution in [1.82, 2.24) is 0 Å². The molecule has 1 unspecified atom stereocenters. The highest BCUT2D eigenvalue weighted by atomic mass is 19.1. The third kappa shape index (κ3) is 5.00. The van der Waals surface area contributed by atoms with Crippen LogP contribution in [0.25, 0.3) is 0 Å². The number of methoxy groups -OCH3 is 1. The van der Waals surface area contributed by atoms with Gasteiger partial charge in [0.05, 0.1) is 7.11 Å². The summed E-state index contributed by atoms with van der Waals surface area (Å²) < 4.78 is 18.4. The smallest absolute Gasteiger partial charge is 0.165 e. The first kappa shape index (κ1) is 16.8. The van der Waals surface area contributed by atoms with Crippen LogP contribution in [0.4, 0.5) is 10.1 Å². The number of anilines is 1. The predicted octanol–water partition coefficient (Wildman–Crippen LogP) is 3.93. The number of nitrogens with one attached hydrogen (secondary N) is 1. The minimum Gasteiger partial charge on any atom is -0.494 e. The lowest BCUT2D eigenvalue weighted by molar-refractivity contribution is 0.386. The van der Waals surface area contributed by atoms with Gasteiger partial charge in [-0.25, -0.2) is 4.39 Å². The van der Waals surface area contributed by atoms with Crippen molar-refractivity contribution in [2.45, 2.75) is 51.5 Å². The summed E-state index contributed by atoms with van der Waals surface area (Å²) in [6, 6.07) is 4.81. The number of rotatable bonds is 9. The summed E-state index contributed by atoms with van der Waals surface area (Å²) in [5.41, 5.74) is 6.57. The van der Waals surface area contributed by atoms with Gasteiger partial charge in [-0.15, -0.1) is 0 Å². The monoisotopic (exact) mass is 282 g/mol. The Morgan fingerprint density at radius 1 is 1.30 bits per heavy atom. The van der Waals surface area contributed by atoms with E-state index in [0.29, 0.717) is 6.54 Å². The highest BCUT2D eigenvalue weighted by molar-refractivity contribution is 5.50. The van der Waals surface area contributed by atoms with E-state index in [1.54, 1.807) is 12.1 Å². The van der Waals surface area contributed by atoms with Crippen molar-refractivity contribution in [1.29, 1.82) is 0 Å². The third-order valence-electron chi connectivity index (χ3n) is 3.63. The summed E-state index contributed by atoms with van der Waals surface area (Å²) >= 11 is 0. The zero-order chi connectivity index (χ0) is 15.0. The fraction of sp³-hybridized carbons (Fsp3) is 0.625. The Kier molecular flexibility index (Phi) is 6.79. The molecule has 4 heteroatoms. The summed E-state index contributed by atoms with van der Waals surface area (Å²) in [5, 5.41) is 3.41. The van der Waals surface area contributed by atoms with E-state index in [1.807, 2.05) is 0 Å². The van der Waals surface area contributed by atoms with Gasteiger partial charge in [-0.1, -0.05) is 32.6 Å². The van der Waals surface area contributed by atoms with Crippen molar-refractivity contribution in [3.63, 3.8) is 0 Å². The van der Waals surface area contributed by atoms with Crippen LogP contribution in [-0.4, -0.2) is 19.2 Å². The Hall–Kier alpha value is -1.29. The van der Waals surface area contributed by atoms with E-state index >= 15 is 0 Å². The van der Waals surface area contributed by atoms with E-state index in [9.17, 15) is 4.39 Å². The van der Waals surface area contributed by atoms with Crippen LogP contribution in [0, 0.1) is 5.82 Å². The zero-order valence-corrected chi connectivity index (χ0v) is 12.8. The number of hydrogen-bond acceptors (Lipinski definition) is 3. The summed E-state index contributed by atoms with van der Waals surface area (Å²) in [6.45, 7) is 4.85. The molecule has 1 rings (SSSR count). The first-order valence-electron chi connectivity index (χ1n) is 7.36. The number of nitrogens with two attached hydrogens (primary N) is 1. The molecule has 0 aliphatic carbocycles. The largest absolute Gasteiger partial charge is 0.494 e. The van der Waals surface area contributed by atoms with Gasteiger partial charge in [-0.2, -0.15) is 0 Å². The van der Waals surface area contributed by atoms with Crippen molar-refractivity contribution in [2.24, 2.45) is 5.73 Å². The topological polar surface area (TPSA) is 47.3 Å². The van der Waals surface area contributed by atoms with Crippen LogP contribution in [0.1, 0.15) is 46.0 Å². The van der Waals surface area contributed by atoms with Crippen molar-refractivity contribution < 1.29 is 9.13 Å². The molecule has 3 N–H and O–H groups in total. The van der Waals surface area contributed by atoms with E-state index < -0.39 is 0 Å². The summed E-state index contributed by atoms with van der Waals surface area (Å²) in [4.78, 5) is 0. The van der Waals surface area contributed by atoms with Gasteiger partial charge < -0.3 is 15.8 Å². The molecule has 114 valence electrons. The molecule has 0 aliphatic heterocycles. The van der Waals surface area contributed by atoms with Gasteiger partial charge in [0.1, 0.15) is 0 Å². The molecule has 0 saturated carbocycles. The lowest BCUT2D eigenvalue weighted by Crippen LogP contribution is -2.42. The molecule has 0 aromatic heterocycles. The number of halogens is 1. The maximum Gasteiger partial charge on any atom is 0.165 e. The fourth-order valence-corrected chi connectivity index (χ4v) is 2.24. The molecule has 0 bridgehead atoms. The second-order valence-electron chi connectivity index (χ2n) is 5.55. The van der Waals surface area contributed by atoms with Crippen molar-refractivity contribution >= 4 is 5.69 Å². The number of unbranched alkanes of at least 4 members (excludes halogenated alkanes) is 3. The second-order valence-corrected chi connectivity index (χ2v) is 5.55. The first-order valence-corrected chi connectivity index (χ1v) is 7.36. The minimum atomic E-state index is -0.351. The molecule has 0 fully saturated rings. The summed E-state index contributed by atoms with van der Waals surface area (Å²) in [6.07, 6.45) is 5.85. The number of benzene rings is 1. The molecular formula is C16H27FN2O. The highest BCUT2D eigenvalue weighted by Gasteiger charge is 2.22. The summed E-state index contributed by atoms with van der Waals surface area (Å²) in [5.74, 6) is -0.101. The van der Waals surface area contributed by atoms with Crippen LogP contribution in [0.5, 0.6) is 5.75 Å². The Morgan fingerprint density at radius 2 is 2.05 bits per heavy atom. The van der Waals surface area contributed by atoms with Crippen molar-refractivity contribution in [3.8, 4) is 5.75 Å². The fourth-order valence-electron chi connectivity index (χ4n) is 2.24. The van der Waals surface area contributed by atoms with Crippen molar-refractivity contribution in [3.05, 3.63) is 24.0 Å². The normalized spacial score (nSPS) is 13.8. The van der Waals surface area contributed by atoms with Gasteiger partial charge in [0.25, 0.3) is 0 Å². The summed E-state index contributed by atoms with van der Waals surface area (Å²) in [7, 11) is 1.47. The van der Waals surface area contributed by atoms with E-state index in [-0.39, 0.29) is 17.1 Å². The molecule has 0 saturated heterocycles.